The van der Waals surface area contributed by atoms with Crippen LogP contribution in [0.1, 0.15) is 58.8 Å². The minimum absolute atomic E-state index is 0.0282. The first-order valence-corrected chi connectivity index (χ1v) is 8.92. The van der Waals surface area contributed by atoms with Crippen LogP contribution in [0.2, 0.25) is 0 Å². The van der Waals surface area contributed by atoms with Crippen molar-refractivity contribution < 1.29 is 5.11 Å². The molecule has 0 spiro atoms. The molecule has 0 saturated heterocycles. The Balaban J connectivity index is 1.68. The highest BCUT2D eigenvalue weighted by Gasteiger charge is 2.57. The van der Waals surface area contributed by atoms with Gasteiger partial charge in [-0.1, -0.05) is 19.4 Å². The fraction of sp³-hybridized carbons (Fsp3) is 0.789. The van der Waals surface area contributed by atoms with Crippen molar-refractivity contribution in [2.45, 2.75) is 64.5 Å². The molecule has 4 aliphatic rings. The Morgan fingerprint density at radius 2 is 1.91 bits per heavy atom. The minimum Gasteiger partial charge on any atom is -0.512 e. The summed E-state index contributed by atoms with van der Waals surface area (Å²) in [5.41, 5.74) is 15.2. The van der Waals surface area contributed by atoms with E-state index < -0.39 is 5.66 Å². The monoisotopic (exact) mass is 301 g/mol. The molecule has 22 heavy (non-hydrogen) atoms. The highest BCUT2D eigenvalue weighted by atomic mass is 16.3. The Hall–Kier alpha value is -0.800. The van der Waals surface area contributed by atoms with Crippen molar-refractivity contribution in [3.63, 3.8) is 0 Å². The first-order valence-electron chi connectivity index (χ1n) is 8.92. The maximum absolute atomic E-state index is 10.3. The van der Waals surface area contributed by atoms with E-state index in [0.29, 0.717) is 17.6 Å². The van der Waals surface area contributed by atoms with Gasteiger partial charge in [0, 0.05) is 5.41 Å². The van der Waals surface area contributed by atoms with Gasteiger partial charge in [0.1, 0.15) is 0 Å². The SMILES string of the molecule is C[C@]12CC[C@]([NH])(N)C=C1CCC1C2CC[C@]2(C)C(O)=CCC12. The minimum atomic E-state index is -0.849. The molecule has 4 rings (SSSR count). The maximum Gasteiger partial charge on any atom is 0.0984 e. The largest absolute Gasteiger partial charge is 0.512 e. The van der Waals surface area contributed by atoms with Crippen LogP contribution in [-0.2, 0) is 0 Å². The smallest absolute Gasteiger partial charge is 0.0984 e. The summed E-state index contributed by atoms with van der Waals surface area (Å²) in [7, 11) is 0. The lowest BCUT2D eigenvalue weighted by molar-refractivity contribution is -0.0422. The van der Waals surface area contributed by atoms with E-state index in [1.165, 1.54) is 18.4 Å². The zero-order chi connectivity index (χ0) is 15.8. The van der Waals surface area contributed by atoms with Gasteiger partial charge >= 0.3 is 0 Å². The van der Waals surface area contributed by atoms with Gasteiger partial charge < -0.3 is 10.8 Å². The molecule has 4 aliphatic carbocycles. The molecule has 4 N–H and O–H groups in total. The molecule has 3 heteroatoms. The summed E-state index contributed by atoms with van der Waals surface area (Å²) in [5, 5.41) is 10.3. The van der Waals surface area contributed by atoms with Crippen LogP contribution >= 0.6 is 0 Å². The van der Waals surface area contributed by atoms with E-state index in [9.17, 15) is 5.11 Å². The Morgan fingerprint density at radius 1 is 1.14 bits per heavy atom. The number of hydrogen-bond donors (Lipinski definition) is 2. The van der Waals surface area contributed by atoms with E-state index in [-0.39, 0.29) is 10.8 Å². The summed E-state index contributed by atoms with van der Waals surface area (Å²) in [6, 6.07) is 0. The third-order valence-electron chi connectivity index (χ3n) is 7.77. The predicted octanol–water partition coefficient (Wildman–Crippen LogP) is 3.94. The van der Waals surface area contributed by atoms with Crippen molar-refractivity contribution in [1.82, 2.24) is 5.73 Å². The van der Waals surface area contributed by atoms with E-state index in [2.05, 4.69) is 26.0 Å². The fourth-order valence-corrected chi connectivity index (χ4v) is 6.30. The van der Waals surface area contributed by atoms with Gasteiger partial charge in [0.2, 0.25) is 0 Å². The first kappa shape index (κ1) is 14.8. The fourth-order valence-electron chi connectivity index (χ4n) is 6.30. The van der Waals surface area contributed by atoms with Crippen molar-refractivity contribution in [2.75, 3.05) is 0 Å². The topological polar surface area (TPSA) is 70.0 Å². The Morgan fingerprint density at radius 3 is 2.68 bits per heavy atom. The van der Waals surface area contributed by atoms with Crippen molar-refractivity contribution >= 4 is 0 Å². The molecule has 121 valence electrons. The molecule has 0 aromatic rings. The standard InChI is InChI=1S/C19H29N2O/c1-17-9-10-19(20,21)11-12(17)3-4-13-14-5-6-16(22)18(14,2)8-7-15(13)17/h6,11,13-15,20,22H,3-5,7-10,21H2,1-2H3/t13?,14?,15?,17-,18-,19-/m0/s1. The molecule has 6 atom stereocenters. The maximum atomic E-state index is 10.3. The molecule has 0 aromatic carbocycles. The van der Waals surface area contributed by atoms with Crippen molar-refractivity contribution in [3.05, 3.63) is 23.5 Å². The third-order valence-corrected chi connectivity index (χ3v) is 7.77. The summed E-state index contributed by atoms with van der Waals surface area (Å²) in [6.07, 6.45) is 11.7. The number of allylic oxidation sites excluding steroid dienone is 3. The highest BCUT2D eigenvalue weighted by Crippen LogP contribution is 2.65. The molecule has 2 saturated carbocycles. The molecule has 2 fully saturated rings. The number of hydrogen-bond acceptors (Lipinski definition) is 2. The van der Waals surface area contributed by atoms with Crippen LogP contribution in [0.3, 0.4) is 0 Å². The third kappa shape index (κ3) is 1.81. The number of rotatable bonds is 0. The molecular weight excluding hydrogens is 272 g/mol. The van der Waals surface area contributed by atoms with Crippen LogP contribution in [0.4, 0.5) is 0 Å². The zero-order valence-corrected chi connectivity index (χ0v) is 13.9. The van der Waals surface area contributed by atoms with E-state index in [1.54, 1.807) is 0 Å². The second-order valence-corrected chi connectivity index (χ2v) is 8.82. The average molecular weight is 301 g/mol. The van der Waals surface area contributed by atoms with Crippen LogP contribution in [0.5, 0.6) is 0 Å². The van der Waals surface area contributed by atoms with Gasteiger partial charge in [0.25, 0.3) is 0 Å². The summed E-state index contributed by atoms with van der Waals surface area (Å²) in [4.78, 5) is 0. The summed E-state index contributed by atoms with van der Waals surface area (Å²) in [6.45, 7) is 4.70. The van der Waals surface area contributed by atoms with E-state index in [0.717, 1.165) is 38.0 Å². The Bertz CT molecular complexity index is 564. The summed E-state index contributed by atoms with van der Waals surface area (Å²) in [5.74, 6) is 2.70. The van der Waals surface area contributed by atoms with Crippen LogP contribution in [-0.4, -0.2) is 10.8 Å². The molecule has 0 heterocycles. The molecule has 0 aliphatic heterocycles. The van der Waals surface area contributed by atoms with Gasteiger partial charge in [0.15, 0.2) is 0 Å². The van der Waals surface area contributed by atoms with Crippen molar-refractivity contribution in [2.24, 2.45) is 34.3 Å². The van der Waals surface area contributed by atoms with Gasteiger partial charge in [-0.2, -0.15) is 0 Å². The zero-order valence-electron chi connectivity index (χ0n) is 13.9. The van der Waals surface area contributed by atoms with Crippen LogP contribution in [0, 0.1) is 28.6 Å². The van der Waals surface area contributed by atoms with Crippen molar-refractivity contribution in [1.29, 1.82) is 0 Å². The molecule has 0 amide bonds. The quantitative estimate of drug-likeness (QED) is 0.665. The Labute approximate surface area is 133 Å². The lowest BCUT2D eigenvalue weighted by atomic mass is 9.47. The highest BCUT2D eigenvalue weighted by molar-refractivity contribution is 5.29. The summed E-state index contributed by atoms with van der Waals surface area (Å²) < 4.78 is 0. The summed E-state index contributed by atoms with van der Waals surface area (Å²) >= 11 is 0. The van der Waals surface area contributed by atoms with Crippen LogP contribution < -0.4 is 11.5 Å². The van der Waals surface area contributed by atoms with E-state index in [1.807, 2.05) is 0 Å². The number of aliphatic hydroxyl groups excluding tert-OH is 1. The molecule has 1 radical (unpaired) electrons. The Kier molecular flexibility index (Phi) is 2.95. The average Bonchev–Trinajstić information content (AvgIpc) is 2.76. The van der Waals surface area contributed by atoms with Gasteiger partial charge in [-0.05, 0) is 80.3 Å². The van der Waals surface area contributed by atoms with Gasteiger partial charge in [-0.3, -0.25) is 0 Å². The first-order chi connectivity index (χ1) is 10.3. The van der Waals surface area contributed by atoms with E-state index >= 15 is 0 Å². The van der Waals surface area contributed by atoms with Gasteiger partial charge in [-0.15, -0.1) is 0 Å². The van der Waals surface area contributed by atoms with Crippen molar-refractivity contribution in [3.8, 4) is 0 Å². The lowest BCUT2D eigenvalue weighted by Crippen LogP contribution is -2.53. The number of aliphatic hydroxyl groups is 1. The van der Waals surface area contributed by atoms with Gasteiger partial charge in [0.05, 0.1) is 11.4 Å². The number of fused-ring (bicyclic) bond motifs is 5. The molecule has 0 aromatic heterocycles. The molecule has 3 nitrogen and oxygen atoms in total. The van der Waals surface area contributed by atoms with E-state index in [4.69, 9.17) is 11.5 Å². The second-order valence-electron chi connectivity index (χ2n) is 8.82. The predicted molar refractivity (Wildman–Crippen MR) is 87.8 cm³/mol. The number of nitrogens with two attached hydrogens (primary N) is 1. The van der Waals surface area contributed by atoms with Crippen LogP contribution in [0.15, 0.2) is 23.5 Å². The second kappa shape index (κ2) is 4.39. The molecule has 0 bridgehead atoms. The molecular formula is C19H29N2O. The van der Waals surface area contributed by atoms with Crippen LogP contribution in [0.25, 0.3) is 0 Å². The lowest BCUT2D eigenvalue weighted by Gasteiger charge is -2.58. The molecule has 3 unspecified atom stereocenters. The number of nitrogens with one attached hydrogen (secondary N) is 1. The van der Waals surface area contributed by atoms with Gasteiger partial charge in [-0.25, -0.2) is 5.73 Å². The normalized spacial score (nSPS) is 49.5.